The van der Waals surface area contributed by atoms with Crippen molar-refractivity contribution in [1.29, 1.82) is 0 Å². The van der Waals surface area contributed by atoms with Gasteiger partial charge in [0, 0.05) is 25.3 Å². The molecular weight excluding hydrogens is 591 g/mol. The van der Waals surface area contributed by atoms with Crippen LogP contribution in [-0.2, 0) is 34.1 Å². The lowest BCUT2D eigenvalue weighted by Gasteiger charge is -2.09. The van der Waals surface area contributed by atoms with E-state index in [1.807, 2.05) is 0 Å². The van der Waals surface area contributed by atoms with Gasteiger partial charge in [0.2, 0.25) is 0 Å². The first kappa shape index (κ1) is 26.9. The van der Waals surface area contributed by atoms with Crippen LogP contribution in [0.15, 0.2) is 40.3 Å². The lowest BCUT2D eigenvalue weighted by molar-refractivity contribution is 0.598. The predicted octanol–water partition coefficient (Wildman–Crippen LogP) is 3.01. The Kier molecular flexibility index (Phi) is 6.53. The second-order valence-corrected chi connectivity index (χ2v) is 12.4. The molecular formula is C21H20Cl2N10O4S2. The Morgan fingerprint density at radius 2 is 1.38 bits per heavy atom. The molecule has 0 unspecified atom stereocenters. The molecule has 5 rings (SSSR count). The number of anilines is 2. The number of hydrogen-bond acceptors (Lipinski definition) is 9. The Bertz CT molecular complexity index is 1960. The first-order chi connectivity index (χ1) is 18.3. The fourth-order valence-electron chi connectivity index (χ4n) is 3.94. The van der Waals surface area contributed by atoms with E-state index >= 15 is 0 Å². The summed E-state index contributed by atoms with van der Waals surface area (Å²) in [4.78, 5) is 8.52. The highest BCUT2D eigenvalue weighted by atomic mass is 35.5. The van der Waals surface area contributed by atoms with Crippen LogP contribution in [-0.4, -0.2) is 56.6 Å². The average Bonchev–Trinajstić information content (AvgIpc) is 3.46. The smallest absolute Gasteiger partial charge is 0.268 e. The number of rotatable bonds is 7. The molecule has 3 N–H and O–H groups in total. The zero-order chi connectivity index (χ0) is 28.3. The summed E-state index contributed by atoms with van der Waals surface area (Å²) < 4.78 is 59.0. The number of halogens is 2. The minimum absolute atomic E-state index is 0.0000747. The molecule has 0 saturated carbocycles. The molecule has 14 nitrogen and oxygen atoms in total. The molecule has 1 aromatic carbocycles. The lowest BCUT2D eigenvalue weighted by Crippen LogP contribution is -2.14. The summed E-state index contributed by atoms with van der Waals surface area (Å²) in [5.41, 5.74) is 2.28. The van der Waals surface area contributed by atoms with Crippen molar-refractivity contribution in [2.75, 3.05) is 9.44 Å². The van der Waals surface area contributed by atoms with Gasteiger partial charge < -0.3 is 0 Å². The van der Waals surface area contributed by atoms with Gasteiger partial charge in [0.05, 0.1) is 23.3 Å². The molecule has 18 heteroatoms. The number of aryl methyl sites for hydroxylation is 4. The van der Waals surface area contributed by atoms with Gasteiger partial charge in [-0.15, -0.1) is 0 Å². The summed E-state index contributed by atoms with van der Waals surface area (Å²) in [6, 6.07) is 6.42. The average molecular weight is 611 g/mol. The Balaban J connectivity index is 1.38. The minimum atomic E-state index is -4.11. The normalized spacial score (nSPS) is 12.3. The summed E-state index contributed by atoms with van der Waals surface area (Å²) in [6.07, 6.45) is 1.44. The molecule has 0 aliphatic carbocycles. The highest BCUT2D eigenvalue weighted by Gasteiger charge is 2.28. The minimum Gasteiger partial charge on any atom is -0.279 e. The Hall–Kier alpha value is -3.73. The fourth-order valence-corrected chi connectivity index (χ4v) is 7.51. The van der Waals surface area contributed by atoms with Crippen LogP contribution in [0, 0.1) is 13.8 Å². The second-order valence-electron chi connectivity index (χ2n) is 8.47. The van der Waals surface area contributed by atoms with Gasteiger partial charge in [0.15, 0.2) is 17.0 Å². The van der Waals surface area contributed by atoms with Crippen LogP contribution < -0.4 is 9.44 Å². The van der Waals surface area contributed by atoms with E-state index in [-0.39, 0.29) is 48.5 Å². The summed E-state index contributed by atoms with van der Waals surface area (Å²) >= 11 is 12.2. The van der Waals surface area contributed by atoms with Crippen molar-refractivity contribution < 1.29 is 16.8 Å². The summed E-state index contributed by atoms with van der Waals surface area (Å²) in [7, 11) is -5.00. The number of sulfonamides is 2. The van der Waals surface area contributed by atoms with Gasteiger partial charge in [-0.25, -0.2) is 26.8 Å². The zero-order valence-corrected chi connectivity index (χ0v) is 23.9. The largest absolute Gasteiger partial charge is 0.279 e. The number of H-pyrrole nitrogens is 1. The van der Waals surface area contributed by atoms with Crippen molar-refractivity contribution in [2.45, 2.75) is 23.6 Å². The maximum atomic E-state index is 12.9. The van der Waals surface area contributed by atoms with Crippen LogP contribution in [0.1, 0.15) is 11.4 Å². The van der Waals surface area contributed by atoms with E-state index in [4.69, 9.17) is 23.2 Å². The maximum Gasteiger partial charge on any atom is 0.268 e. The Morgan fingerprint density at radius 1 is 0.846 bits per heavy atom. The van der Waals surface area contributed by atoms with Crippen LogP contribution in [0.2, 0.25) is 10.3 Å². The van der Waals surface area contributed by atoms with Crippen LogP contribution in [0.25, 0.3) is 22.4 Å². The quantitative estimate of drug-likeness (QED) is 0.249. The van der Waals surface area contributed by atoms with E-state index in [0.29, 0.717) is 16.9 Å². The summed E-state index contributed by atoms with van der Waals surface area (Å²) in [5.74, 6) is -0.0579. The monoisotopic (exact) mass is 610 g/mol. The van der Waals surface area contributed by atoms with E-state index in [9.17, 15) is 16.8 Å². The van der Waals surface area contributed by atoms with Crippen molar-refractivity contribution in [3.8, 4) is 11.3 Å². The molecule has 0 bridgehead atoms. The molecule has 39 heavy (non-hydrogen) atoms. The maximum absolute atomic E-state index is 12.9. The summed E-state index contributed by atoms with van der Waals surface area (Å²) in [5, 5.41) is 14.7. The third kappa shape index (κ3) is 4.80. The first-order valence-corrected chi connectivity index (χ1v) is 14.8. The van der Waals surface area contributed by atoms with Gasteiger partial charge >= 0.3 is 0 Å². The third-order valence-electron chi connectivity index (χ3n) is 5.67. The van der Waals surface area contributed by atoms with Crippen LogP contribution in [0.3, 0.4) is 0 Å². The molecule has 4 heterocycles. The zero-order valence-electron chi connectivity index (χ0n) is 20.7. The standard InChI is InChI=1S/C21H20Cl2N10O4S2/c1-10-16(18(22)32(3)28-10)38(34,35)30-13-7-5-12(6-8-13)14-9-24-15-20(25-14)26-27-21(15)31-39(36,37)17-11(2)29-33(4)19(17)23/h5-9,30H,1-4H3,(H2,25,26,27,31). The first-order valence-electron chi connectivity index (χ1n) is 11.0. The molecule has 0 spiro atoms. The van der Waals surface area contributed by atoms with Crippen molar-refractivity contribution >= 4 is 65.9 Å². The highest BCUT2D eigenvalue weighted by Crippen LogP contribution is 2.30. The number of hydrogen-bond donors (Lipinski definition) is 3. The number of benzene rings is 1. The molecule has 0 radical (unpaired) electrons. The van der Waals surface area contributed by atoms with Gasteiger partial charge in [-0.2, -0.15) is 15.3 Å². The van der Waals surface area contributed by atoms with E-state index in [2.05, 4.69) is 39.8 Å². The van der Waals surface area contributed by atoms with Gasteiger partial charge in [-0.05, 0) is 26.0 Å². The van der Waals surface area contributed by atoms with Crippen LogP contribution >= 0.6 is 23.2 Å². The van der Waals surface area contributed by atoms with Crippen molar-refractivity contribution in [1.82, 2.24) is 39.7 Å². The number of nitrogens with zero attached hydrogens (tertiary/aromatic N) is 7. The number of fused-ring (bicyclic) bond motifs is 1. The molecule has 0 fully saturated rings. The molecule has 0 amide bonds. The van der Waals surface area contributed by atoms with Crippen molar-refractivity contribution in [2.24, 2.45) is 14.1 Å². The number of aromatic amines is 1. The number of aromatic nitrogens is 8. The van der Waals surface area contributed by atoms with Gasteiger partial charge in [0.25, 0.3) is 20.0 Å². The molecule has 0 aliphatic heterocycles. The number of nitrogens with one attached hydrogen (secondary N) is 3. The molecule has 4 aromatic heterocycles. The second kappa shape index (κ2) is 9.48. The van der Waals surface area contributed by atoms with E-state index in [1.54, 1.807) is 38.2 Å². The molecule has 5 aromatic rings. The van der Waals surface area contributed by atoms with Gasteiger partial charge in [0.1, 0.15) is 20.1 Å². The highest BCUT2D eigenvalue weighted by molar-refractivity contribution is 7.93. The van der Waals surface area contributed by atoms with E-state index in [1.165, 1.54) is 29.5 Å². The fraction of sp³-hybridized carbons (Fsp3) is 0.190. The topological polar surface area (TPSA) is 182 Å². The lowest BCUT2D eigenvalue weighted by atomic mass is 10.1. The van der Waals surface area contributed by atoms with E-state index < -0.39 is 20.0 Å². The molecule has 0 atom stereocenters. The SMILES string of the molecule is Cc1nn(C)c(Cl)c1S(=O)(=O)Nc1ccc(-c2cnc3c(NS(=O)(=O)c4c(C)nn(C)c4Cl)n[nH]c3n2)cc1. The molecule has 0 aliphatic rings. The Morgan fingerprint density at radius 3 is 1.90 bits per heavy atom. The molecule has 0 saturated heterocycles. The van der Waals surface area contributed by atoms with Crippen LogP contribution in [0.4, 0.5) is 11.5 Å². The predicted molar refractivity (Wildman–Crippen MR) is 145 cm³/mol. The third-order valence-corrected chi connectivity index (χ3v) is 9.78. The summed E-state index contributed by atoms with van der Waals surface area (Å²) in [6.45, 7) is 3.08. The van der Waals surface area contributed by atoms with Crippen molar-refractivity contribution in [3.05, 3.63) is 52.2 Å². The van der Waals surface area contributed by atoms with E-state index in [0.717, 1.165) is 0 Å². The van der Waals surface area contributed by atoms with Gasteiger partial charge in [-0.3, -0.25) is 23.9 Å². The van der Waals surface area contributed by atoms with Crippen LogP contribution in [0.5, 0.6) is 0 Å². The Labute approximate surface area is 232 Å². The van der Waals surface area contributed by atoms with Gasteiger partial charge in [-0.1, -0.05) is 35.3 Å². The van der Waals surface area contributed by atoms with Crippen molar-refractivity contribution in [3.63, 3.8) is 0 Å². The molecule has 204 valence electrons.